The number of hydrogen-bond acceptors (Lipinski definition) is 3. The van der Waals surface area contributed by atoms with Crippen molar-refractivity contribution >= 4 is 27.7 Å². The second-order valence-corrected chi connectivity index (χ2v) is 6.25. The Morgan fingerprint density at radius 1 is 1.33 bits per heavy atom. The maximum absolute atomic E-state index is 12.6. The summed E-state index contributed by atoms with van der Waals surface area (Å²) in [6, 6.07) is 7.71. The monoisotopic (exact) mass is 353 g/mol. The Labute approximate surface area is 133 Å². The maximum Gasteiger partial charge on any atom is 0.237 e. The van der Waals surface area contributed by atoms with Gasteiger partial charge in [-0.1, -0.05) is 28.1 Å². The van der Waals surface area contributed by atoms with Gasteiger partial charge in [-0.2, -0.15) is 0 Å². The fourth-order valence-corrected chi connectivity index (χ4v) is 2.80. The fraction of sp³-hybridized carbons (Fsp3) is 0.467. The van der Waals surface area contributed by atoms with Crippen LogP contribution in [0.15, 0.2) is 28.7 Å². The molecule has 3 N–H and O–H groups in total. The van der Waals surface area contributed by atoms with Gasteiger partial charge in [0.2, 0.25) is 11.8 Å². The van der Waals surface area contributed by atoms with Crippen molar-refractivity contribution in [2.24, 2.45) is 11.7 Å². The molecule has 0 aliphatic carbocycles. The van der Waals surface area contributed by atoms with Gasteiger partial charge in [0, 0.05) is 17.6 Å². The average Bonchev–Trinajstić information content (AvgIpc) is 2.48. The summed E-state index contributed by atoms with van der Waals surface area (Å²) >= 11 is 3.38. The van der Waals surface area contributed by atoms with E-state index in [2.05, 4.69) is 21.2 Å². The number of nitrogens with one attached hydrogen (secondary N) is 1. The van der Waals surface area contributed by atoms with Crippen molar-refractivity contribution in [3.8, 4) is 0 Å². The van der Waals surface area contributed by atoms with Crippen LogP contribution in [0.3, 0.4) is 0 Å². The Morgan fingerprint density at radius 2 is 2.05 bits per heavy atom. The van der Waals surface area contributed by atoms with Crippen LogP contribution in [0.2, 0.25) is 0 Å². The van der Waals surface area contributed by atoms with Gasteiger partial charge in [-0.25, -0.2) is 0 Å². The molecule has 2 rings (SSSR count). The topological polar surface area (TPSA) is 75.4 Å². The third-order valence-electron chi connectivity index (χ3n) is 3.59. The molecule has 5 nitrogen and oxygen atoms in total. The molecule has 0 radical (unpaired) electrons. The van der Waals surface area contributed by atoms with Gasteiger partial charge >= 0.3 is 0 Å². The summed E-state index contributed by atoms with van der Waals surface area (Å²) in [7, 11) is 0. The minimum Gasteiger partial charge on any atom is -0.368 e. The van der Waals surface area contributed by atoms with Crippen LogP contribution in [0.1, 0.15) is 18.4 Å². The predicted molar refractivity (Wildman–Crippen MR) is 84.3 cm³/mol. The van der Waals surface area contributed by atoms with E-state index in [0.717, 1.165) is 29.4 Å². The summed E-state index contributed by atoms with van der Waals surface area (Å²) in [5.74, 6) is -0.540. The largest absolute Gasteiger partial charge is 0.368 e. The number of halogens is 1. The van der Waals surface area contributed by atoms with E-state index in [-0.39, 0.29) is 18.4 Å². The molecule has 1 aliphatic heterocycles. The highest BCUT2D eigenvalue weighted by Gasteiger charge is 2.26. The van der Waals surface area contributed by atoms with Crippen molar-refractivity contribution in [2.45, 2.75) is 19.4 Å². The summed E-state index contributed by atoms with van der Waals surface area (Å²) in [4.78, 5) is 25.4. The molecule has 21 heavy (non-hydrogen) atoms. The minimum atomic E-state index is -0.482. The van der Waals surface area contributed by atoms with Gasteiger partial charge in [-0.3, -0.25) is 9.59 Å². The number of amides is 2. The Hall–Kier alpha value is -1.40. The van der Waals surface area contributed by atoms with E-state index in [1.54, 1.807) is 4.90 Å². The number of primary amides is 1. The van der Waals surface area contributed by atoms with E-state index in [1.807, 2.05) is 24.3 Å². The first kappa shape index (κ1) is 16.0. The Kier molecular flexibility index (Phi) is 5.76. The molecule has 1 aromatic carbocycles. The van der Waals surface area contributed by atoms with Crippen molar-refractivity contribution in [3.05, 3.63) is 34.3 Å². The average molecular weight is 354 g/mol. The molecule has 0 spiro atoms. The highest BCUT2D eigenvalue weighted by atomic mass is 79.9. The van der Waals surface area contributed by atoms with Gasteiger partial charge in [0.05, 0.1) is 12.5 Å². The molecule has 1 heterocycles. The normalized spacial score (nSPS) is 18.2. The SMILES string of the molecule is NC(=O)CN(Cc1ccc(Br)cc1)C(=O)[C@H]1CCCNC1. The highest BCUT2D eigenvalue weighted by molar-refractivity contribution is 9.10. The van der Waals surface area contributed by atoms with Crippen molar-refractivity contribution in [2.75, 3.05) is 19.6 Å². The summed E-state index contributed by atoms with van der Waals surface area (Å²) in [6.07, 6.45) is 1.85. The summed E-state index contributed by atoms with van der Waals surface area (Å²) in [6.45, 7) is 2.00. The Morgan fingerprint density at radius 3 is 2.62 bits per heavy atom. The lowest BCUT2D eigenvalue weighted by atomic mass is 9.98. The summed E-state index contributed by atoms with van der Waals surface area (Å²) < 4.78 is 0.982. The van der Waals surface area contributed by atoms with Crippen molar-refractivity contribution in [3.63, 3.8) is 0 Å². The van der Waals surface area contributed by atoms with Gasteiger partial charge in [0.15, 0.2) is 0 Å². The molecule has 0 unspecified atom stereocenters. The molecule has 1 fully saturated rings. The molecule has 0 saturated carbocycles. The molecule has 1 aromatic rings. The predicted octanol–water partition coefficient (Wildman–Crippen LogP) is 1.26. The van der Waals surface area contributed by atoms with E-state index >= 15 is 0 Å². The first-order valence-corrected chi connectivity index (χ1v) is 7.88. The smallest absolute Gasteiger partial charge is 0.237 e. The van der Waals surface area contributed by atoms with Gasteiger partial charge in [0.1, 0.15) is 0 Å². The van der Waals surface area contributed by atoms with Gasteiger partial charge in [-0.15, -0.1) is 0 Å². The third-order valence-corrected chi connectivity index (χ3v) is 4.12. The number of carbonyl (C=O) groups excluding carboxylic acids is 2. The lowest BCUT2D eigenvalue weighted by molar-refractivity contribution is -0.139. The number of hydrogen-bond donors (Lipinski definition) is 2. The van der Waals surface area contributed by atoms with Crippen LogP contribution in [0, 0.1) is 5.92 Å². The lowest BCUT2D eigenvalue weighted by Crippen LogP contribution is -2.45. The van der Waals surface area contributed by atoms with E-state index in [1.165, 1.54) is 0 Å². The standard InChI is InChI=1S/C15H20BrN3O2/c16-13-5-3-11(4-6-13)9-19(10-14(17)20)15(21)12-2-1-7-18-8-12/h3-6,12,18H,1-2,7-10H2,(H2,17,20)/t12-/m0/s1. The first-order chi connectivity index (χ1) is 10.1. The van der Waals surface area contributed by atoms with Crippen LogP contribution in [-0.4, -0.2) is 36.3 Å². The van der Waals surface area contributed by atoms with Gasteiger partial charge < -0.3 is 16.0 Å². The molecule has 1 atom stereocenters. The van der Waals surface area contributed by atoms with Crippen LogP contribution >= 0.6 is 15.9 Å². The second-order valence-electron chi connectivity index (χ2n) is 5.33. The van der Waals surface area contributed by atoms with Gasteiger partial charge in [-0.05, 0) is 37.1 Å². The Bertz CT molecular complexity index is 498. The molecule has 114 valence electrons. The molecule has 1 aliphatic rings. The van der Waals surface area contributed by atoms with Crippen LogP contribution in [0.25, 0.3) is 0 Å². The lowest BCUT2D eigenvalue weighted by Gasteiger charge is -2.29. The Balaban J connectivity index is 2.07. The second kappa shape index (κ2) is 7.56. The van der Waals surface area contributed by atoms with Crippen LogP contribution in [0.5, 0.6) is 0 Å². The molecule has 6 heteroatoms. The van der Waals surface area contributed by atoms with E-state index in [9.17, 15) is 9.59 Å². The summed E-state index contributed by atoms with van der Waals surface area (Å²) in [5.41, 5.74) is 6.27. The van der Waals surface area contributed by atoms with Crippen molar-refractivity contribution in [1.82, 2.24) is 10.2 Å². The molecule has 2 amide bonds. The number of carbonyl (C=O) groups is 2. The van der Waals surface area contributed by atoms with Gasteiger partial charge in [0.25, 0.3) is 0 Å². The molecule has 0 aromatic heterocycles. The number of nitrogens with two attached hydrogens (primary N) is 1. The first-order valence-electron chi connectivity index (χ1n) is 7.08. The number of piperidine rings is 1. The maximum atomic E-state index is 12.6. The van der Waals surface area contributed by atoms with Crippen LogP contribution in [-0.2, 0) is 16.1 Å². The van der Waals surface area contributed by atoms with E-state index < -0.39 is 5.91 Å². The third kappa shape index (κ3) is 4.82. The minimum absolute atomic E-state index is 0.00363. The van der Waals surface area contributed by atoms with Crippen LogP contribution in [0.4, 0.5) is 0 Å². The highest BCUT2D eigenvalue weighted by Crippen LogP contribution is 2.17. The number of rotatable bonds is 5. The van der Waals surface area contributed by atoms with E-state index in [0.29, 0.717) is 13.1 Å². The van der Waals surface area contributed by atoms with Crippen LogP contribution < -0.4 is 11.1 Å². The zero-order valence-corrected chi connectivity index (χ0v) is 13.4. The number of nitrogens with zero attached hydrogens (tertiary/aromatic N) is 1. The summed E-state index contributed by atoms with van der Waals surface area (Å²) in [5, 5.41) is 3.23. The zero-order chi connectivity index (χ0) is 15.2. The molecular formula is C15H20BrN3O2. The fourth-order valence-electron chi connectivity index (χ4n) is 2.53. The van der Waals surface area contributed by atoms with E-state index in [4.69, 9.17) is 5.73 Å². The number of benzene rings is 1. The van der Waals surface area contributed by atoms with Crippen molar-refractivity contribution in [1.29, 1.82) is 0 Å². The zero-order valence-electron chi connectivity index (χ0n) is 11.8. The quantitative estimate of drug-likeness (QED) is 0.836. The molecule has 1 saturated heterocycles. The molecular weight excluding hydrogens is 334 g/mol. The molecule has 0 bridgehead atoms. The van der Waals surface area contributed by atoms with Crippen molar-refractivity contribution < 1.29 is 9.59 Å².